The van der Waals surface area contributed by atoms with Gasteiger partial charge in [-0.3, -0.25) is 0 Å². The van der Waals surface area contributed by atoms with E-state index in [1.807, 2.05) is 16.8 Å². The summed E-state index contributed by atoms with van der Waals surface area (Å²) in [6.45, 7) is 3.84. The number of aryl methyl sites for hydroxylation is 1. The fourth-order valence-corrected chi connectivity index (χ4v) is 2.33. The van der Waals surface area contributed by atoms with Crippen LogP contribution < -0.4 is 0 Å². The number of pyridine rings is 1. The summed E-state index contributed by atoms with van der Waals surface area (Å²) >= 11 is 0. The molecule has 17 heavy (non-hydrogen) atoms. The SMILES string of the molecule is Cc1ccc2nc(CC3CCOCC3)nn2c1. The third-order valence-electron chi connectivity index (χ3n) is 3.33. The van der Waals surface area contributed by atoms with Gasteiger partial charge in [0.1, 0.15) is 0 Å². The van der Waals surface area contributed by atoms with Gasteiger partial charge in [0.15, 0.2) is 11.5 Å². The molecule has 1 aliphatic rings. The van der Waals surface area contributed by atoms with E-state index in [1.54, 1.807) is 0 Å². The molecule has 0 spiro atoms. The molecule has 0 unspecified atom stereocenters. The first-order chi connectivity index (χ1) is 8.31. The monoisotopic (exact) mass is 231 g/mol. The second-order valence-corrected chi connectivity index (χ2v) is 4.80. The Morgan fingerprint density at radius 3 is 3.00 bits per heavy atom. The number of aromatic nitrogens is 3. The number of rotatable bonds is 2. The zero-order chi connectivity index (χ0) is 11.7. The lowest BCUT2D eigenvalue weighted by Gasteiger charge is -2.20. The molecular formula is C13H17N3O. The quantitative estimate of drug-likeness (QED) is 0.793. The minimum Gasteiger partial charge on any atom is -0.381 e. The van der Waals surface area contributed by atoms with Crippen molar-refractivity contribution in [2.45, 2.75) is 26.2 Å². The van der Waals surface area contributed by atoms with Crippen LogP contribution in [-0.4, -0.2) is 27.8 Å². The Kier molecular flexibility index (Phi) is 2.81. The molecule has 1 fully saturated rings. The summed E-state index contributed by atoms with van der Waals surface area (Å²) in [4.78, 5) is 4.56. The first-order valence-electron chi connectivity index (χ1n) is 6.21. The second kappa shape index (κ2) is 4.45. The van der Waals surface area contributed by atoms with E-state index < -0.39 is 0 Å². The van der Waals surface area contributed by atoms with Gasteiger partial charge in [0.2, 0.25) is 0 Å². The number of hydrogen-bond donors (Lipinski definition) is 0. The Morgan fingerprint density at radius 2 is 2.18 bits per heavy atom. The van der Waals surface area contributed by atoms with Crippen LogP contribution in [0.4, 0.5) is 0 Å². The highest BCUT2D eigenvalue weighted by Gasteiger charge is 2.16. The fraction of sp³-hybridized carbons (Fsp3) is 0.538. The summed E-state index contributed by atoms with van der Waals surface area (Å²) < 4.78 is 7.25. The van der Waals surface area contributed by atoms with Gasteiger partial charge in [-0.25, -0.2) is 9.50 Å². The molecule has 1 aliphatic heterocycles. The Balaban J connectivity index is 1.80. The van der Waals surface area contributed by atoms with Crippen molar-refractivity contribution in [1.29, 1.82) is 0 Å². The normalized spacial score (nSPS) is 17.7. The molecule has 1 saturated heterocycles. The van der Waals surface area contributed by atoms with E-state index in [1.165, 1.54) is 5.56 Å². The van der Waals surface area contributed by atoms with E-state index in [0.717, 1.165) is 43.9 Å². The number of ether oxygens (including phenoxy) is 1. The molecule has 2 aromatic heterocycles. The maximum atomic E-state index is 5.37. The van der Waals surface area contributed by atoms with E-state index in [2.05, 4.69) is 23.1 Å². The van der Waals surface area contributed by atoms with Crippen molar-refractivity contribution in [3.63, 3.8) is 0 Å². The zero-order valence-electron chi connectivity index (χ0n) is 10.1. The smallest absolute Gasteiger partial charge is 0.155 e. The van der Waals surface area contributed by atoms with E-state index >= 15 is 0 Å². The molecule has 0 N–H and O–H groups in total. The highest BCUT2D eigenvalue weighted by Crippen LogP contribution is 2.18. The van der Waals surface area contributed by atoms with Crippen LogP contribution in [0.1, 0.15) is 24.2 Å². The molecule has 3 heterocycles. The second-order valence-electron chi connectivity index (χ2n) is 4.80. The first-order valence-corrected chi connectivity index (χ1v) is 6.21. The minimum atomic E-state index is 0.683. The van der Waals surface area contributed by atoms with Gasteiger partial charge >= 0.3 is 0 Å². The largest absolute Gasteiger partial charge is 0.381 e. The van der Waals surface area contributed by atoms with Crippen LogP contribution in [0.3, 0.4) is 0 Å². The number of nitrogens with zero attached hydrogens (tertiary/aromatic N) is 3. The van der Waals surface area contributed by atoms with Crippen LogP contribution in [0.2, 0.25) is 0 Å². The fourth-order valence-electron chi connectivity index (χ4n) is 2.33. The number of fused-ring (bicyclic) bond motifs is 1. The molecule has 3 rings (SSSR count). The molecule has 4 heteroatoms. The predicted molar refractivity (Wildman–Crippen MR) is 65.0 cm³/mol. The van der Waals surface area contributed by atoms with Crippen molar-refractivity contribution in [2.24, 2.45) is 5.92 Å². The highest BCUT2D eigenvalue weighted by atomic mass is 16.5. The van der Waals surface area contributed by atoms with Crippen molar-refractivity contribution in [3.05, 3.63) is 29.7 Å². The molecule has 2 aromatic rings. The van der Waals surface area contributed by atoms with Crippen molar-refractivity contribution in [3.8, 4) is 0 Å². The Hall–Kier alpha value is -1.42. The zero-order valence-corrected chi connectivity index (χ0v) is 10.1. The molecule has 0 amide bonds. The third-order valence-corrected chi connectivity index (χ3v) is 3.33. The maximum Gasteiger partial charge on any atom is 0.155 e. The van der Waals surface area contributed by atoms with Crippen molar-refractivity contribution in [2.75, 3.05) is 13.2 Å². The topological polar surface area (TPSA) is 39.4 Å². The molecule has 4 nitrogen and oxygen atoms in total. The summed E-state index contributed by atoms with van der Waals surface area (Å²) in [6.07, 6.45) is 5.27. The predicted octanol–water partition coefficient (Wildman–Crippen LogP) is 2.01. The molecule has 90 valence electrons. The molecular weight excluding hydrogens is 214 g/mol. The van der Waals surface area contributed by atoms with E-state index in [4.69, 9.17) is 4.74 Å². The Labute approximate surface area is 101 Å². The van der Waals surface area contributed by atoms with Gasteiger partial charge in [-0.05, 0) is 37.3 Å². The van der Waals surface area contributed by atoms with Crippen molar-refractivity contribution >= 4 is 5.65 Å². The van der Waals surface area contributed by atoms with Crippen LogP contribution in [0.5, 0.6) is 0 Å². The summed E-state index contributed by atoms with van der Waals surface area (Å²) in [5.74, 6) is 1.64. The number of hydrogen-bond acceptors (Lipinski definition) is 3. The van der Waals surface area contributed by atoms with E-state index in [9.17, 15) is 0 Å². The Bertz CT molecular complexity index is 514. The Morgan fingerprint density at radius 1 is 1.35 bits per heavy atom. The molecule has 0 radical (unpaired) electrons. The highest BCUT2D eigenvalue weighted by molar-refractivity contribution is 5.38. The summed E-state index contributed by atoms with van der Waals surface area (Å²) in [6, 6.07) is 4.10. The lowest BCUT2D eigenvalue weighted by molar-refractivity contribution is 0.0660. The first kappa shape index (κ1) is 10.7. The van der Waals surface area contributed by atoms with E-state index in [-0.39, 0.29) is 0 Å². The molecule has 0 aliphatic carbocycles. The average Bonchev–Trinajstić information content (AvgIpc) is 2.71. The van der Waals surface area contributed by atoms with E-state index in [0.29, 0.717) is 5.92 Å². The van der Waals surface area contributed by atoms with Crippen LogP contribution in [0, 0.1) is 12.8 Å². The molecule has 0 aromatic carbocycles. The minimum absolute atomic E-state index is 0.683. The maximum absolute atomic E-state index is 5.37. The molecule has 0 atom stereocenters. The van der Waals surface area contributed by atoms with Gasteiger partial charge in [0, 0.05) is 25.8 Å². The summed E-state index contributed by atoms with van der Waals surface area (Å²) in [5, 5.41) is 4.53. The standard InChI is InChI=1S/C13H17N3O/c1-10-2-3-13-14-12(15-16(13)9-10)8-11-4-6-17-7-5-11/h2-3,9,11H,4-8H2,1H3. The van der Waals surface area contributed by atoms with Crippen LogP contribution in [0.25, 0.3) is 5.65 Å². The van der Waals surface area contributed by atoms with Gasteiger partial charge in [0.25, 0.3) is 0 Å². The van der Waals surface area contributed by atoms with Gasteiger partial charge in [-0.1, -0.05) is 6.07 Å². The van der Waals surface area contributed by atoms with Crippen molar-refractivity contribution < 1.29 is 4.74 Å². The van der Waals surface area contributed by atoms with Crippen molar-refractivity contribution in [1.82, 2.24) is 14.6 Å². The van der Waals surface area contributed by atoms with Crippen LogP contribution in [0.15, 0.2) is 18.3 Å². The lowest BCUT2D eigenvalue weighted by Crippen LogP contribution is -2.18. The molecule has 0 saturated carbocycles. The van der Waals surface area contributed by atoms with Gasteiger partial charge in [-0.2, -0.15) is 5.10 Å². The average molecular weight is 231 g/mol. The van der Waals surface area contributed by atoms with Crippen LogP contribution >= 0.6 is 0 Å². The van der Waals surface area contributed by atoms with Crippen LogP contribution in [-0.2, 0) is 11.2 Å². The summed E-state index contributed by atoms with van der Waals surface area (Å²) in [7, 11) is 0. The third kappa shape index (κ3) is 2.31. The lowest BCUT2D eigenvalue weighted by atomic mass is 9.96. The summed E-state index contributed by atoms with van der Waals surface area (Å²) in [5.41, 5.74) is 2.15. The molecule has 0 bridgehead atoms. The van der Waals surface area contributed by atoms with Gasteiger partial charge in [0.05, 0.1) is 0 Å². The van der Waals surface area contributed by atoms with Gasteiger partial charge < -0.3 is 4.74 Å². The van der Waals surface area contributed by atoms with Gasteiger partial charge in [-0.15, -0.1) is 0 Å².